The van der Waals surface area contributed by atoms with E-state index in [2.05, 4.69) is 0 Å². The lowest BCUT2D eigenvalue weighted by molar-refractivity contribution is 0.0861. The first-order valence-corrected chi connectivity index (χ1v) is 6.78. The number of nitrogens with zero attached hydrogens (tertiary/aromatic N) is 1. The van der Waals surface area contributed by atoms with Gasteiger partial charge in [-0.3, -0.25) is 13.9 Å². The molecule has 5 heteroatoms. The Morgan fingerprint density at radius 3 is 2.62 bits per heavy atom. The van der Waals surface area contributed by atoms with Crippen LogP contribution in [0, 0.1) is 0 Å². The quantitative estimate of drug-likeness (QED) is 0.855. The molecule has 2 N–H and O–H groups in total. The van der Waals surface area contributed by atoms with Gasteiger partial charge in [-0.25, -0.2) is 4.31 Å². The van der Waals surface area contributed by atoms with E-state index in [0.29, 0.717) is 17.0 Å². The molecule has 1 aromatic rings. The summed E-state index contributed by atoms with van der Waals surface area (Å²) in [5, 5.41) is 0. The van der Waals surface area contributed by atoms with E-state index in [1.807, 2.05) is 6.92 Å². The molecule has 1 aliphatic heterocycles. The van der Waals surface area contributed by atoms with Gasteiger partial charge in [-0.1, -0.05) is 36.3 Å². The molecule has 0 aromatic heterocycles. The van der Waals surface area contributed by atoms with Gasteiger partial charge in [-0.2, -0.15) is 0 Å². The van der Waals surface area contributed by atoms with Crippen LogP contribution in [0.2, 0.25) is 0 Å². The number of benzene rings is 1. The minimum Gasteiger partial charge on any atom is -0.277 e. The Hall–Kier alpha value is -1.04. The number of hydrogen-bond donors (Lipinski definition) is 2. The third-order valence-electron chi connectivity index (χ3n) is 2.66. The van der Waals surface area contributed by atoms with Crippen LogP contribution in [0.25, 0.3) is 0 Å². The topological polar surface area (TPSA) is 60.8 Å². The summed E-state index contributed by atoms with van der Waals surface area (Å²) in [6, 6.07) is 6.69. The van der Waals surface area contributed by atoms with Crippen molar-refractivity contribution in [2.45, 2.75) is 24.7 Å². The normalized spacial score (nSPS) is 19.7. The maximum absolute atomic E-state index is 11.9. The van der Waals surface area contributed by atoms with Crippen LogP contribution < -0.4 is 0 Å². The molecule has 0 atom stereocenters. The molecule has 0 fully saturated rings. The third-order valence-corrected chi connectivity index (χ3v) is 4.57. The van der Waals surface area contributed by atoms with E-state index >= 15 is 0 Å². The standard InChI is InChI=1S/C11H15NO3S/c1-2-3-8-12-11(13)9-6-4-5-7-10(9)16(12,14)15/h4-7,14-15H,2-3,8H2,1H3. The lowest BCUT2D eigenvalue weighted by atomic mass is 10.2. The first-order chi connectivity index (χ1) is 7.59. The molecule has 0 radical (unpaired) electrons. The van der Waals surface area contributed by atoms with Crippen LogP contribution in [0.4, 0.5) is 0 Å². The van der Waals surface area contributed by atoms with E-state index < -0.39 is 10.8 Å². The largest absolute Gasteiger partial charge is 0.277 e. The van der Waals surface area contributed by atoms with Gasteiger partial charge in [0.2, 0.25) is 0 Å². The van der Waals surface area contributed by atoms with Crippen molar-refractivity contribution < 1.29 is 13.9 Å². The highest BCUT2D eigenvalue weighted by Gasteiger charge is 2.40. The monoisotopic (exact) mass is 241 g/mol. The number of rotatable bonds is 3. The fraction of sp³-hybridized carbons (Fsp3) is 0.364. The van der Waals surface area contributed by atoms with Crippen molar-refractivity contribution in [2.75, 3.05) is 6.54 Å². The van der Waals surface area contributed by atoms with Crippen molar-refractivity contribution in [3.05, 3.63) is 29.8 Å². The van der Waals surface area contributed by atoms with Gasteiger partial charge in [-0.15, -0.1) is 0 Å². The number of unbranched alkanes of at least 4 members (excludes halogenated alkanes) is 1. The minimum absolute atomic E-state index is 0.274. The molecule has 0 unspecified atom stereocenters. The molecule has 0 saturated carbocycles. The maximum atomic E-state index is 11.9. The summed E-state index contributed by atoms with van der Waals surface area (Å²) in [7, 11) is -3.08. The number of carbonyl (C=O) groups is 1. The molecule has 1 aliphatic rings. The second-order valence-electron chi connectivity index (χ2n) is 3.78. The average Bonchev–Trinajstić information content (AvgIpc) is 2.46. The van der Waals surface area contributed by atoms with E-state index in [1.54, 1.807) is 24.3 Å². The Kier molecular flexibility index (Phi) is 2.92. The highest BCUT2D eigenvalue weighted by atomic mass is 32.3. The van der Waals surface area contributed by atoms with E-state index in [9.17, 15) is 13.9 Å². The Morgan fingerprint density at radius 2 is 2.00 bits per heavy atom. The highest BCUT2D eigenvalue weighted by molar-refractivity contribution is 8.23. The Morgan fingerprint density at radius 1 is 1.31 bits per heavy atom. The van der Waals surface area contributed by atoms with Crippen molar-refractivity contribution in [1.29, 1.82) is 0 Å². The molecule has 4 nitrogen and oxygen atoms in total. The predicted octanol–water partition coefficient (Wildman–Crippen LogP) is 2.97. The summed E-state index contributed by atoms with van der Waals surface area (Å²) in [6.45, 7) is 2.39. The van der Waals surface area contributed by atoms with E-state index in [0.717, 1.165) is 12.8 Å². The first kappa shape index (κ1) is 11.4. The number of fused-ring (bicyclic) bond motifs is 1. The lowest BCUT2D eigenvalue weighted by Crippen LogP contribution is -2.28. The number of amides is 1. The maximum Gasteiger partial charge on any atom is 0.274 e. The SMILES string of the molecule is CCCCN1C(=O)c2ccccc2S1(O)O. The third kappa shape index (κ3) is 1.61. The van der Waals surface area contributed by atoms with Crippen molar-refractivity contribution in [2.24, 2.45) is 0 Å². The summed E-state index contributed by atoms with van der Waals surface area (Å²) in [6.07, 6.45) is 1.69. The molecular formula is C11H15NO3S. The van der Waals surface area contributed by atoms with E-state index in [-0.39, 0.29) is 5.91 Å². The van der Waals surface area contributed by atoms with Crippen LogP contribution in [0.15, 0.2) is 29.2 Å². The smallest absolute Gasteiger partial charge is 0.274 e. The number of hydrogen-bond acceptors (Lipinski definition) is 3. The van der Waals surface area contributed by atoms with Crippen LogP contribution in [0.3, 0.4) is 0 Å². The summed E-state index contributed by atoms with van der Waals surface area (Å²) >= 11 is 0. The molecule has 0 spiro atoms. The Balaban J connectivity index is 2.37. The van der Waals surface area contributed by atoms with Crippen molar-refractivity contribution in [1.82, 2.24) is 4.31 Å². The second-order valence-corrected chi connectivity index (χ2v) is 5.69. The van der Waals surface area contributed by atoms with Crippen LogP contribution in [-0.4, -0.2) is 25.9 Å². The summed E-state index contributed by atoms with van der Waals surface area (Å²) < 4.78 is 21.3. The zero-order chi connectivity index (χ0) is 11.8. The van der Waals surface area contributed by atoms with Gasteiger partial charge >= 0.3 is 0 Å². The van der Waals surface area contributed by atoms with Gasteiger partial charge in [0.25, 0.3) is 5.91 Å². The molecule has 1 heterocycles. The zero-order valence-electron chi connectivity index (χ0n) is 9.09. The van der Waals surface area contributed by atoms with E-state index in [4.69, 9.17) is 0 Å². The fourth-order valence-corrected chi connectivity index (χ4v) is 3.44. The average molecular weight is 241 g/mol. The van der Waals surface area contributed by atoms with Crippen molar-refractivity contribution in [3.8, 4) is 0 Å². The van der Waals surface area contributed by atoms with Crippen LogP contribution in [-0.2, 0) is 0 Å². The van der Waals surface area contributed by atoms with Gasteiger partial charge in [0.05, 0.1) is 10.5 Å². The van der Waals surface area contributed by atoms with Gasteiger partial charge in [0.15, 0.2) is 0 Å². The Bertz CT molecular complexity index is 419. The second kappa shape index (κ2) is 4.08. The van der Waals surface area contributed by atoms with Gasteiger partial charge in [0.1, 0.15) is 0 Å². The minimum atomic E-state index is -3.08. The molecule has 0 aliphatic carbocycles. The molecule has 1 amide bonds. The van der Waals surface area contributed by atoms with Crippen LogP contribution in [0.1, 0.15) is 30.1 Å². The van der Waals surface area contributed by atoms with Gasteiger partial charge < -0.3 is 0 Å². The van der Waals surface area contributed by atoms with Gasteiger partial charge in [0, 0.05) is 6.54 Å². The first-order valence-electron chi connectivity index (χ1n) is 5.28. The predicted molar refractivity (Wildman–Crippen MR) is 63.5 cm³/mol. The van der Waals surface area contributed by atoms with Gasteiger partial charge in [-0.05, 0) is 18.6 Å². The van der Waals surface area contributed by atoms with Crippen LogP contribution >= 0.6 is 10.8 Å². The van der Waals surface area contributed by atoms with Crippen molar-refractivity contribution >= 4 is 16.7 Å². The molecule has 2 rings (SSSR count). The molecule has 88 valence electrons. The van der Waals surface area contributed by atoms with Crippen LogP contribution in [0.5, 0.6) is 0 Å². The summed E-state index contributed by atoms with van der Waals surface area (Å²) in [5.41, 5.74) is 0.415. The molecule has 0 saturated heterocycles. The molecular weight excluding hydrogens is 226 g/mol. The van der Waals surface area contributed by atoms with Crippen molar-refractivity contribution in [3.63, 3.8) is 0 Å². The summed E-state index contributed by atoms with van der Waals surface area (Å²) in [5.74, 6) is -0.274. The molecule has 0 bridgehead atoms. The highest BCUT2D eigenvalue weighted by Crippen LogP contribution is 2.58. The fourth-order valence-electron chi connectivity index (χ4n) is 1.78. The zero-order valence-corrected chi connectivity index (χ0v) is 9.91. The molecule has 16 heavy (non-hydrogen) atoms. The summed E-state index contributed by atoms with van der Waals surface area (Å²) in [4.78, 5) is 12.3. The lowest BCUT2D eigenvalue weighted by Gasteiger charge is -2.36. The Labute approximate surface area is 96.4 Å². The molecule has 1 aromatic carbocycles. The number of carbonyl (C=O) groups excluding carboxylic acids is 1. The van der Waals surface area contributed by atoms with E-state index in [1.165, 1.54) is 4.31 Å².